The highest BCUT2D eigenvalue weighted by molar-refractivity contribution is 9.11. The van der Waals surface area contributed by atoms with Crippen LogP contribution in [-0.2, 0) is 16.6 Å². The van der Waals surface area contributed by atoms with Gasteiger partial charge in [0.25, 0.3) is 0 Å². The maximum atomic E-state index is 14.0. The molecule has 2 N–H and O–H groups in total. The van der Waals surface area contributed by atoms with Gasteiger partial charge in [0.05, 0.1) is 8.81 Å². The fourth-order valence-corrected chi connectivity index (χ4v) is 4.47. The van der Waals surface area contributed by atoms with E-state index < -0.39 is 20.7 Å². The first-order valence-corrected chi connectivity index (χ1v) is 9.14. The number of sulfonamides is 1. The van der Waals surface area contributed by atoms with Crippen molar-refractivity contribution in [3.05, 3.63) is 43.8 Å². The van der Waals surface area contributed by atoms with Crippen molar-refractivity contribution in [3.63, 3.8) is 0 Å². The summed E-state index contributed by atoms with van der Waals surface area (Å²) >= 11 is 10.4. The first-order chi connectivity index (χ1) is 9.71. The summed E-state index contributed by atoms with van der Waals surface area (Å²) in [5.41, 5.74) is 6.43. The molecule has 0 saturated carbocycles. The fourth-order valence-electron chi connectivity index (χ4n) is 1.71. The van der Waals surface area contributed by atoms with Crippen LogP contribution in [0.25, 0.3) is 0 Å². The van der Waals surface area contributed by atoms with E-state index in [0.717, 1.165) is 19.7 Å². The summed E-state index contributed by atoms with van der Waals surface area (Å²) in [5, 5.41) is 1.50. The molecule has 1 aromatic heterocycles. The number of nitrogens with zero attached hydrogens (tertiary/aromatic N) is 1. The van der Waals surface area contributed by atoms with E-state index in [1.165, 1.54) is 24.5 Å². The number of halogens is 3. The quantitative estimate of drug-likeness (QED) is 0.777. The van der Waals surface area contributed by atoms with Crippen molar-refractivity contribution in [2.75, 3.05) is 12.8 Å². The van der Waals surface area contributed by atoms with Crippen LogP contribution in [0, 0.1) is 5.82 Å². The van der Waals surface area contributed by atoms with Gasteiger partial charge in [0.1, 0.15) is 4.90 Å². The van der Waals surface area contributed by atoms with E-state index in [1.54, 1.807) is 6.07 Å². The monoisotopic (exact) mass is 412 g/mol. The average Bonchev–Trinajstić information content (AvgIpc) is 2.79. The van der Waals surface area contributed by atoms with Gasteiger partial charge < -0.3 is 5.73 Å². The summed E-state index contributed by atoms with van der Waals surface area (Å²) in [6.45, 7) is 0.121. The van der Waals surface area contributed by atoms with Gasteiger partial charge in [-0.1, -0.05) is 11.6 Å². The summed E-state index contributed by atoms with van der Waals surface area (Å²) in [6.07, 6.45) is 0. The van der Waals surface area contributed by atoms with Crippen molar-refractivity contribution < 1.29 is 12.8 Å². The molecule has 21 heavy (non-hydrogen) atoms. The fraction of sp³-hybridized carbons (Fsp3) is 0.167. The molecule has 114 valence electrons. The Bertz CT molecular complexity index is 780. The molecule has 2 rings (SSSR count). The average molecular weight is 414 g/mol. The zero-order valence-corrected chi connectivity index (χ0v) is 14.8. The van der Waals surface area contributed by atoms with Crippen molar-refractivity contribution in [1.82, 2.24) is 4.31 Å². The van der Waals surface area contributed by atoms with Gasteiger partial charge in [0, 0.05) is 19.3 Å². The van der Waals surface area contributed by atoms with Crippen LogP contribution < -0.4 is 5.73 Å². The van der Waals surface area contributed by atoms with Crippen LogP contribution >= 0.6 is 38.9 Å². The molecule has 4 nitrogen and oxygen atoms in total. The predicted molar refractivity (Wildman–Crippen MR) is 86.5 cm³/mol. The second-order valence-electron chi connectivity index (χ2n) is 4.33. The number of rotatable bonds is 4. The number of thiophene rings is 1. The van der Waals surface area contributed by atoms with Crippen LogP contribution in [-0.4, -0.2) is 19.8 Å². The van der Waals surface area contributed by atoms with Crippen LogP contribution in [0.1, 0.15) is 5.56 Å². The third-order valence-electron chi connectivity index (χ3n) is 2.73. The second-order valence-corrected chi connectivity index (χ2v) is 9.05. The third kappa shape index (κ3) is 3.57. The molecular weight excluding hydrogens is 403 g/mol. The molecule has 0 spiro atoms. The molecule has 0 bridgehead atoms. The Morgan fingerprint density at radius 3 is 2.67 bits per heavy atom. The Kier molecular flexibility index (Phi) is 4.94. The highest BCUT2D eigenvalue weighted by atomic mass is 79.9. The first kappa shape index (κ1) is 16.7. The summed E-state index contributed by atoms with van der Waals surface area (Å²) in [4.78, 5) is -0.524. The predicted octanol–water partition coefficient (Wildman–Crippen LogP) is 3.71. The van der Waals surface area contributed by atoms with E-state index in [9.17, 15) is 12.8 Å². The van der Waals surface area contributed by atoms with Crippen molar-refractivity contribution in [2.24, 2.45) is 0 Å². The molecule has 0 atom stereocenters. The van der Waals surface area contributed by atoms with Gasteiger partial charge in [-0.25, -0.2) is 12.8 Å². The van der Waals surface area contributed by atoms with Crippen LogP contribution in [0.4, 0.5) is 10.1 Å². The maximum absolute atomic E-state index is 14.0. The second kappa shape index (κ2) is 6.21. The molecule has 0 fully saturated rings. The Hall–Kier alpha value is -0.670. The smallest absolute Gasteiger partial charge is 0.246 e. The maximum Gasteiger partial charge on any atom is 0.246 e. The summed E-state index contributed by atoms with van der Waals surface area (Å²) < 4.78 is 40.8. The van der Waals surface area contributed by atoms with E-state index in [1.807, 2.05) is 5.38 Å². The highest BCUT2D eigenvalue weighted by Gasteiger charge is 2.26. The van der Waals surface area contributed by atoms with Crippen molar-refractivity contribution in [1.29, 1.82) is 0 Å². The van der Waals surface area contributed by atoms with Gasteiger partial charge in [0.2, 0.25) is 10.0 Å². The molecule has 1 aromatic carbocycles. The molecule has 0 aliphatic rings. The Balaban J connectivity index is 2.37. The molecule has 0 radical (unpaired) electrons. The first-order valence-electron chi connectivity index (χ1n) is 5.65. The molecule has 0 saturated heterocycles. The molecule has 0 amide bonds. The van der Waals surface area contributed by atoms with Gasteiger partial charge in [-0.3, -0.25) is 0 Å². The Morgan fingerprint density at radius 2 is 2.10 bits per heavy atom. The molecule has 0 aliphatic heterocycles. The minimum absolute atomic E-state index is 0.0895. The molecule has 9 heteroatoms. The lowest BCUT2D eigenvalue weighted by molar-refractivity contribution is 0.460. The molecule has 0 aliphatic carbocycles. The summed E-state index contributed by atoms with van der Waals surface area (Å²) in [7, 11) is -2.65. The van der Waals surface area contributed by atoms with Gasteiger partial charge in [0.15, 0.2) is 5.82 Å². The topological polar surface area (TPSA) is 63.4 Å². The molecule has 1 heterocycles. The summed E-state index contributed by atoms with van der Waals surface area (Å²) in [6, 6.07) is 4.04. The zero-order chi connectivity index (χ0) is 15.8. The SMILES string of the molecule is CN(Cc1csc(Br)c1)S(=O)(=O)c1cc(N)cc(Cl)c1F. The zero-order valence-electron chi connectivity index (χ0n) is 10.8. The van der Waals surface area contributed by atoms with Gasteiger partial charge in [-0.2, -0.15) is 4.31 Å². The Morgan fingerprint density at radius 1 is 1.43 bits per heavy atom. The van der Waals surface area contributed by atoms with E-state index in [-0.39, 0.29) is 17.3 Å². The van der Waals surface area contributed by atoms with E-state index >= 15 is 0 Å². The minimum Gasteiger partial charge on any atom is -0.399 e. The lowest BCUT2D eigenvalue weighted by Crippen LogP contribution is -2.27. The van der Waals surface area contributed by atoms with Gasteiger partial charge in [-0.15, -0.1) is 11.3 Å². The normalized spacial score (nSPS) is 12.0. The van der Waals surface area contributed by atoms with Crippen molar-refractivity contribution in [2.45, 2.75) is 11.4 Å². The summed E-state index contributed by atoms with van der Waals surface area (Å²) in [5.74, 6) is -0.996. The lowest BCUT2D eigenvalue weighted by Gasteiger charge is -2.17. The third-order valence-corrected chi connectivity index (χ3v) is 6.36. The lowest BCUT2D eigenvalue weighted by atomic mass is 10.3. The van der Waals surface area contributed by atoms with Crippen LogP contribution in [0.15, 0.2) is 32.3 Å². The number of nitrogen functional groups attached to an aromatic ring is 1. The van der Waals surface area contributed by atoms with E-state index in [0.29, 0.717) is 0 Å². The standard InChI is InChI=1S/C12H11BrClFN2O2S2/c1-17(5-7-2-11(13)20-6-7)21(18,19)10-4-8(16)3-9(14)12(10)15/h2-4,6H,5,16H2,1H3. The van der Waals surface area contributed by atoms with Gasteiger partial charge in [-0.05, 0) is 45.1 Å². The largest absolute Gasteiger partial charge is 0.399 e. The van der Waals surface area contributed by atoms with E-state index in [4.69, 9.17) is 17.3 Å². The van der Waals surface area contributed by atoms with E-state index in [2.05, 4.69) is 15.9 Å². The molecular formula is C12H11BrClFN2O2S2. The molecule has 2 aromatic rings. The van der Waals surface area contributed by atoms with Crippen LogP contribution in [0.5, 0.6) is 0 Å². The number of benzene rings is 1. The van der Waals surface area contributed by atoms with Crippen molar-refractivity contribution >= 4 is 54.6 Å². The Labute approximate surface area is 139 Å². The minimum atomic E-state index is -4.02. The van der Waals surface area contributed by atoms with Crippen LogP contribution in [0.3, 0.4) is 0 Å². The van der Waals surface area contributed by atoms with Crippen LogP contribution in [0.2, 0.25) is 5.02 Å². The number of hydrogen-bond donors (Lipinski definition) is 1. The van der Waals surface area contributed by atoms with Crippen molar-refractivity contribution in [3.8, 4) is 0 Å². The van der Waals surface area contributed by atoms with Gasteiger partial charge >= 0.3 is 0 Å². The highest BCUT2D eigenvalue weighted by Crippen LogP contribution is 2.29. The number of anilines is 1. The molecule has 0 unspecified atom stereocenters. The number of hydrogen-bond acceptors (Lipinski definition) is 4. The number of nitrogens with two attached hydrogens (primary N) is 1.